The van der Waals surface area contributed by atoms with Gasteiger partial charge >= 0.3 is 6.03 Å². The molecule has 4 aromatic rings. The molecule has 2 aromatic carbocycles. The average molecular weight is 848 g/mol. The van der Waals surface area contributed by atoms with E-state index in [-0.39, 0.29) is 36.7 Å². The smallest absolute Gasteiger partial charge is 0.328 e. The van der Waals surface area contributed by atoms with Gasteiger partial charge in [-0.05, 0) is 99.5 Å². The van der Waals surface area contributed by atoms with E-state index in [1.165, 1.54) is 47.5 Å². The molecule has 61 heavy (non-hydrogen) atoms. The highest BCUT2D eigenvalue weighted by Crippen LogP contribution is 2.47. The van der Waals surface area contributed by atoms with Gasteiger partial charge in [-0.3, -0.25) is 29.5 Å². The number of likely N-dealkylation sites (tertiary alicyclic amines) is 1. The topological polar surface area (TPSA) is 151 Å². The van der Waals surface area contributed by atoms with Gasteiger partial charge in [-0.1, -0.05) is 17.7 Å². The molecule has 3 saturated heterocycles. The third-order valence-corrected chi connectivity index (χ3v) is 14.5. The van der Waals surface area contributed by atoms with Gasteiger partial charge in [0.25, 0.3) is 11.8 Å². The molecular weight excluding hydrogens is 794 g/mol. The van der Waals surface area contributed by atoms with Gasteiger partial charge in [0.2, 0.25) is 5.91 Å². The number of amides is 5. The first-order valence-electron chi connectivity index (χ1n) is 22.1. The van der Waals surface area contributed by atoms with E-state index in [1.54, 1.807) is 28.9 Å². The number of nitrogens with zero attached hydrogens (tertiary/aromatic N) is 8. The monoisotopic (exact) mass is 847 g/mol. The van der Waals surface area contributed by atoms with Gasteiger partial charge in [0.1, 0.15) is 0 Å². The summed E-state index contributed by atoms with van der Waals surface area (Å²) in [5.41, 5.74) is 7.04. The highest BCUT2D eigenvalue weighted by atomic mass is 35.5. The van der Waals surface area contributed by atoms with Crippen molar-refractivity contribution in [3.05, 3.63) is 70.5 Å². The Balaban J connectivity index is 0.720. The Hall–Kier alpha value is -5.41. The first-order valence-corrected chi connectivity index (χ1v) is 22.5. The summed E-state index contributed by atoms with van der Waals surface area (Å²) < 4.78 is 1.68. The Morgan fingerprint density at radius 1 is 0.852 bits per heavy atom. The molecule has 0 bridgehead atoms. The SMILES string of the molecule is CNc1cc(N2CCc3c(N4CCN(CC5CCC6(CC5)CCN(C(=O)c5ccc(Cl)c(N7CCC(=O)NC7=O)c5)CC6)CC4)cccc32)nn2c(C(=O)NC3CC3)cnc12. The zero-order chi connectivity index (χ0) is 41.8. The zero-order valence-electron chi connectivity index (χ0n) is 34.8. The number of carbonyl (C=O) groups is 4. The second kappa shape index (κ2) is 16.1. The largest absolute Gasteiger partial charge is 0.385 e. The zero-order valence-corrected chi connectivity index (χ0v) is 35.6. The van der Waals surface area contributed by atoms with E-state index < -0.39 is 6.03 Å². The number of urea groups is 1. The lowest BCUT2D eigenvalue weighted by Gasteiger charge is -2.47. The number of fused-ring (bicyclic) bond motifs is 2. The third kappa shape index (κ3) is 7.75. The van der Waals surface area contributed by atoms with Crippen LogP contribution >= 0.6 is 11.6 Å². The maximum atomic E-state index is 13.7. The van der Waals surface area contributed by atoms with Gasteiger partial charge < -0.3 is 25.3 Å². The van der Waals surface area contributed by atoms with Gasteiger partial charge in [-0.25, -0.2) is 14.3 Å². The van der Waals surface area contributed by atoms with Crippen LogP contribution in [0.4, 0.5) is 33.4 Å². The van der Waals surface area contributed by atoms with Gasteiger partial charge in [0.05, 0.1) is 22.6 Å². The minimum Gasteiger partial charge on any atom is -0.385 e. The number of imide groups is 1. The lowest BCUT2D eigenvalue weighted by Crippen LogP contribution is -2.50. The Labute approximate surface area is 360 Å². The quantitative estimate of drug-likeness (QED) is 0.192. The summed E-state index contributed by atoms with van der Waals surface area (Å²) in [5.74, 6) is 1.01. The van der Waals surface area contributed by atoms with E-state index in [9.17, 15) is 19.2 Å². The number of hydrogen-bond acceptors (Lipinski definition) is 10. The maximum Gasteiger partial charge on any atom is 0.328 e. The van der Waals surface area contributed by atoms with Crippen LogP contribution in [0, 0.1) is 11.3 Å². The van der Waals surface area contributed by atoms with Crippen LogP contribution in [-0.4, -0.2) is 120 Å². The summed E-state index contributed by atoms with van der Waals surface area (Å²) in [6.07, 6.45) is 11.7. The van der Waals surface area contributed by atoms with E-state index in [1.807, 2.05) is 18.0 Å². The van der Waals surface area contributed by atoms with Crippen molar-refractivity contribution in [1.29, 1.82) is 0 Å². The van der Waals surface area contributed by atoms with Crippen LogP contribution in [0.1, 0.15) is 84.2 Å². The number of carbonyl (C=O) groups excluding carboxylic acids is 4. The molecule has 5 amide bonds. The predicted molar refractivity (Wildman–Crippen MR) is 235 cm³/mol. The lowest BCUT2D eigenvalue weighted by atomic mass is 9.65. The summed E-state index contributed by atoms with van der Waals surface area (Å²) in [7, 11) is 1.88. The van der Waals surface area contributed by atoms with Crippen molar-refractivity contribution >= 4 is 69.6 Å². The van der Waals surface area contributed by atoms with Crippen LogP contribution < -0.4 is 30.7 Å². The average Bonchev–Trinajstić information content (AvgIpc) is 3.81. The van der Waals surface area contributed by atoms with Crippen LogP contribution in [-0.2, 0) is 11.2 Å². The number of hydrogen-bond donors (Lipinski definition) is 3. The molecule has 3 N–H and O–H groups in total. The molecular formula is C45H54ClN11O4. The van der Waals surface area contributed by atoms with Crippen LogP contribution in [0.25, 0.3) is 5.65 Å². The number of benzene rings is 2. The molecule has 10 rings (SSSR count). The second-order valence-corrected chi connectivity index (χ2v) is 18.3. The van der Waals surface area contributed by atoms with Crippen LogP contribution in [0.15, 0.2) is 48.7 Å². The third-order valence-electron chi connectivity index (χ3n) is 14.2. The Morgan fingerprint density at radius 2 is 1.61 bits per heavy atom. The Bertz CT molecular complexity index is 2370. The summed E-state index contributed by atoms with van der Waals surface area (Å²) in [6, 6.07) is 13.5. The normalized spacial score (nSPS) is 21.0. The molecule has 6 heterocycles. The first-order chi connectivity index (χ1) is 29.6. The molecule has 4 aliphatic heterocycles. The fourth-order valence-corrected chi connectivity index (χ4v) is 10.6. The van der Waals surface area contributed by atoms with E-state index in [4.69, 9.17) is 16.7 Å². The molecule has 15 nitrogen and oxygen atoms in total. The van der Waals surface area contributed by atoms with Crippen molar-refractivity contribution in [3.63, 3.8) is 0 Å². The second-order valence-electron chi connectivity index (χ2n) is 17.9. The minimum absolute atomic E-state index is 0.0381. The van der Waals surface area contributed by atoms with Gasteiger partial charge in [-0.2, -0.15) is 0 Å². The van der Waals surface area contributed by atoms with Crippen molar-refractivity contribution in [1.82, 2.24) is 35.0 Å². The minimum atomic E-state index is -0.515. The molecule has 2 aliphatic carbocycles. The Kier molecular flexibility index (Phi) is 10.5. The van der Waals surface area contributed by atoms with Crippen LogP contribution in [0.5, 0.6) is 0 Å². The number of nitrogens with one attached hydrogen (secondary N) is 3. The lowest BCUT2D eigenvalue weighted by molar-refractivity contribution is -0.120. The maximum absolute atomic E-state index is 13.7. The highest BCUT2D eigenvalue weighted by Gasteiger charge is 2.40. The fraction of sp³-hybridized carbons (Fsp3) is 0.511. The van der Waals surface area contributed by atoms with Crippen molar-refractivity contribution in [2.24, 2.45) is 11.3 Å². The van der Waals surface area contributed by atoms with Gasteiger partial charge in [0, 0.05) is 107 Å². The molecule has 2 aromatic heterocycles. The molecule has 16 heteroatoms. The first kappa shape index (κ1) is 39.7. The van der Waals surface area contributed by atoms with Crippen LogP contribution in [0.2, 0.25) is 5.02 Å². The summed E-state index contributed by atoms with van der Waals surface area (Å²) in [5, 5.41) is 14.0. The molecule has 2 saturated carbocycles. The molecule has 5 fully saturated rings. The molecule has 6 aliphatic rings. The van der Waals surface area contributed by atoms with Crippen molar-refractivity contribution in [2.45, 2.75) is 70.3 Å². The molecule has 320 valence electrons. The molecule has 0 radical (unpaired) electrons. The van der Waals surface area contributed by atoms with Crippen molar-refractivity contribution in [2.75, 3.05) is 86.0 Å². The number of rotatable bonds is 9. The van der Waals surface area contributed by atoms with Crippen molar-refractivity contribution < 1.29 is 19.2 Å². The van der Waals surface area contributed by atoms with Crippen LogP contribution in [0.3, 0.4) is 0 Å². The van der Waals surface area contributed by atoms with E-state index in [2.05, 4.69) is 53.8 Å². The molecule has 1 spiro atoms. The number of halogens is 1. The van der Waals surface area contributed by atoms with Gasteiger partial charge in [-0.15, -0.1) is 5.10 Å². The van der Waals surface area contributed by atoms with E-state index in [0.717, 1.165) is 96.0 Å². The number of aromatic nitrogens is 3. The summed E-state index contributed by atoms with van der Waals surface area (Å²) in [6.45, 7) is 7.76. The van der Waals surface area contributed by atoms with Crippen molar-refractivity contribution in [3.8, 4) is 0 Å². The summed E-state index contributed by atoms with van der Waals surface area (Å²) >= 11 is 6.45. The van der Waals surface area contributed by atoms with E-state index >= 15 is 0 Å². The number of piperazine rings is 1. The number of imidazole rings is 1. The van der Waals surface area contributed by atoms with E-state index in [0.29, 0.717) is 38.9 Å². The fourth-order valence-electron chi connectivity index (χ4n) is 10.4. The Morgan fingerprint density at radius 3 is 2.34 bits per heavy atom. The molecule has 0 unspecified atom stereocenters. The standard InChI is InChI=1S/C45H54ClN11O4/c1-47-34-26-39(51-57-38(27-48-41(34)57)42(59)49-31-6-7-31)55-17-11-32-35(3-2-4-36(32)55)53-23-21-52(22-24-53)28-29-9-13-45(14-10-29)15-19-54(20-16-45)43(60)30-5-8-33(46)37(25-30)56-18-12-40(58)50-44(56)61/h2-5,8,25-27,29,31,47H,6-7,9-24,28H2,1H3,(H,49,59)(H,50,58,61). The molecule has 0 atom stereocenters. The number of anilines is 5. The number of piperidine rings is 1. The predicted octanol–water partition coefficient (Wildman–Crippen LogP) is 5.69. The summed E-state index contributed by atoms with van der Waals surface area (Å²) in [4.78, 5) is 66.3. The van der Waals surface area contributed by atoms with Gasteiger partial charge in [0.15, 0.2) is 17.2 Å². The highest BCUT2D eigenvalue weighted by molar-refractivity contribution is 6.34.